The van der Waals surface area contributed by atoms with Gasteiger partial charge in [0, 0.05) is 23.2 Å². The summed E-state index contributed by atoms with van der Waals surface area (Å²) in [6.45, 7) is 9.57. The average Bonchev–Trinajstić information content (AvgIpc) is 3.11. The summed E-state index contributed by atoms with van der Waals surface area (Å²) < 4.78 is 0. The van der Waals surface area contributed by atoms with Crippen LogP contribution in [-0.2, 0) is 12.8 Å². The summed E-state index contributed by atoms with van der Waals surface area (Å²) in [4.78, 5) is 10.2. The predicted octanol–water partition coefficient (Wildman–Crippen LogP) is 4.74. The highest BCUT2D eigenvalue weighted by atomic mass is 14.9. The molecule has 2 aromatic heterocycles. The number of fused-ring (bicyclic) bond motifs is 6. The van der Waals surface area contributed by atoms with Crippen LogP contribution in [0.25, 0.3) is 11.4 Å². The first-order chi connectivity index (χ1) is 11.4. The predicted molar refractivity (Wildman–Crippen MR) is 94.9 cm³/mol. The molecule has 0 amide bonds. The molecular weight excluding hydrogens is 292 g/mol. The number of hydrogen-bond acceptors (Lipinski definition) is 2. The van der Waals surface area contributed by atoms with Gasteiger partial charge in [0.05, 0.1) is 11.4 Å². The number of rotatable bonds is 1. The molecule has 2 heteroatoms. The highest BCUT2D eigenvalue weighted by Gasteiger charge is 2.63. The van der Waals surface area contributed by atoms with E-state index in [2.05, 4.69) is 52.0 Å². The van der Waals surface area contributed by atoms with Crippen molar-refractivity contribution in [3.05, 3.63) is 46.8 Å². The molecule has 2 heterocycles. The zero-order valence-electron chi connectivity index (χ0n) is 14.9. The van der Waals surface area contributed by atoms with Crippen LogP contribution >= 0.6 is 0 Å². The van der Waals surface area contributed by atoms with Gasteiger partial charge in [-0.15, -0.1) is 0 Å². The lowest BCUT2D eigenvalue weighted by Gasteiger charge is -2.14. The first-order valence-electron chi connectivity index (χ1n) is 9.39. The van der Waals surface area contributed by atoms with Crippen LogP contribution in [0, 0.1) is 22.7 Å². The molecule has 24 heavy (non-hydrogen) atoms. The van der Waals surface area contributed by atoms with E-state index >= 15 is 0 Å². The number of hydrogen-bond donors (Lipinski definition) is 0. The van der Waals surface area contributed by atoms with Crippen molar-refractivity contribution in [1.29, 1.82) is 0 Å². The van der Waals surface area contributed by atoms with Gasteiger partial charge in [0.25, 0.3) is 0 Å². The summed E-state index contributed by atoms with van der Waals surface area (Å²) in [5, 5.41) is 0. The Morgan fingerprint density at radius 3 is 1.54 bits per heavy atom. The Bertz CT molecular complexity index is 833. The molecule has 2 aromatic rings. The quantitative estimate of drug-likeness (QED) is 0.760. The van der Waals surface area contributed by atoms with Gasteiger partial charge in [0.2, 0.25) is 0 Å². The lowest BCUT2D eigenvalue weighted by molar-refractivity contribution is 0.537. The summed E-state index contributed by atoms with van der Waals surface area (Å²) in [6.07, 6.45) is 2.44. The van der Waals surface area contributed by atoms with Crippen LogP contribution in [-0.4, -0.2) is 9.97 Å². The maximum Gasteiger partial charge on any atom is 0.0889 e. The van der Waals surface area contributed by atoms with Crippen molar-refractivity contribution >= 4 is 0 Å². The third-order valence-corrected chi connectivity index (χ3v) is 7.86. The van der Waals surface area contributed by atoms with Crippen molar-refractivity contribution in [2.45, 2.75) is 52.4 Å². The van der Waals surface area contributed by atoms with Gasteiger partial charge in [-0.3, -0.25) is 9.97 Å². The second kappa shape index (κ2) is 3.76. The van der Waals surface area contributed by atoms with E-state index in [1.807, 2.05) is 0 Å². The van der Waals surface area contributed by atoms with Crippen molar-refractivity contribution in [1.82, 2.24) is 9.97 Å². The van der Waals surface area contributed by atoms with E-state index in [0.29, 0.717) is 22.7 Å². The van der Waals surface area contributed by atoms with Crippen molar-refractivity contribution in [2.24, 2.45) is 22.7 Å². The van der Waals surface area contributed by atoms with Crippen LogP contribution in [0.15, 0.2) is 24.3 Å². The molecular formula is C22H24N2. The summed E-state index contributed by atoms with van der Waals surface area (Å²) >= 11 is 0. The lowest BCUT2D eigenvalue weighted by Crippen LogP contribution is -2.05. The van der Waals surface area contributed by atoms with E-state index in [1.165, 1.54) is 35.4 Å². The molecule has 0 unspecified atom stereocenters. The van der Waals surface area contributed by atoms with Crippen molar-refractivity contribution in [3.8, 4) is 11.4 Å². The molecule has 0 bridgehead atoms. The second-order valence-corrected chi connectivity index (χ2v) is 9.70. The van der Waals surface area contributed by atoms with E-state index in [0.717, 1.165) is 23.2 Å². The molecule has 6 rings (SSSR count). The van der Waals surface area contributed by atoms with Gasteiger partial charge in [-0.2, -0.15) is 0 Å². The van der Waals surface area contributed by atoms with Gasteiger partial charge in [0.15, 0.2) is 0 Å². The molecule has 4 atom stereocenters. The third-order valence-electron chi connectivity index (χ3n) is 7.86. The lowest BCUT2D eigenvalue weighted by atomic mass is 9.97. The van der Waals surface area contributed by atoms with Crippen LogP contribution in [0.1, 0.15) is 62.0 Å². The summed E-state index contributed by atoms with van der Waals surface area (Å²) in [5.41, 5.74) is 8.70. The van der Waals surface area contributed by atoms with Gasteiger partial charge in [-0.25, -0.2) is 0 Å². The molecule has 0 N–H and O–H groups in total. The first kappa shape index (κ1) is 13.6. The fourth-order valence-corrected chi connectivity index (χ4v) is 5.99. The maximum absolute atomic E-state index is 5.08. The molecule has 122 valence electrons. The highest BCUT2D eigenvalue weighted by Crippen LogP contribution is 2.70. The molecule has 0 radical (unpaired) electrons. The molecule has 0 spiro atoms. The summed E-state index contributed by atoms with van der Waals surface area (Å²) in [6, 6.07) is 8.99. The Morgan fingerprint density at radius 2 is 1.12 bits per heavy atom. The monoisotopic (exact) mass is 316 g/mol. The van der Waals surface area contributed by atoms with Crippen LogP contribution in [0.4, 0.5) is 0 Å². The topological polar surface area (TPSA) is 25.8 Å². The summed E-state index contributed by atoms with van der Waals surface area (Å²) in [5.74, 6) is 2.98. The van der Waals surface area contributed by atoms with Gasteiger partial charge in [-0.1, -0.05) is 39.8 Å². The highest BCUT2D eigenvalue weighted by molar-refractivity contribution is 5.59. The Balaban J connectivity index is 1.42. The SMILES string of the molecule is CC1(C)[C@@H]2Cc3ccc(-c4ccc5c(n4)[C@H]4[C@@H](C5)C4(C)C)nc3[C@@H]21. The van der Waals surface area contributed by atoms with Gasteiger partial charge < -0.3 is 0 Å². The minimum absolute atomic E-state index is 0.454. The van der Waals surface area contributed by atoms with Gasteiger partial charge in [0.1, 0.15) is 0 Å². The average molecular weight is 316 g/mol. The maximum atomic E-state index is 5.08. The fourth-order valence-electron chi connectivity index (χ4n) is 5.99. The molecule has 2 nitrogen and oxygen atoms in total. The fraction of sp³-hybridized carbons (Fsp3) is 0.545. The van der Waals surface area contributed by atoms with Crippen molar-refractivity contribution in [3.63, 3.8) is 0 Å². The normalized spacial score (nSPS) is 35.0. The number of nitrogens with zero attached hydrogens (tertiary/aromatic N) is 2. The van der Waals surface area contributed by atoms with E-state index in [-0.39, 0.29) is 0 Å². The van der Waals surface area contributed by atoms with Gasteiger partial charge >= 0.3 is 0 Å². The zero-order valence-corrected chi connectivity index (χ0v) is 14.9. The second-order valence-electron chi connectivity index (χ2n) is 9.70. The molecule has 4 aliphatic rings. The Hall–Kier alpha value is -1.70. The third kappa shape index (κ3) is 1.45. The smallest absolute Gasteiger partial charge is 0.0889 e. The molecule has 0 aliphatic heterocycles. The Kier molecular flexibility index (Phi) is 2.13. The molecule has 2 fully saturated rings. The Labute approximate surface area is 143 Å². The number of aromatic nitrogens is 2. The van der Waals surface area contributed by atoms with Crippen LogP contribution < -0.4 is 0 Å². The number of pyridine rings is 2. The largest absolute Gasteiger partial charge is 0.251 e. The standard InChI is InChI=1S/C22H24N2/c1-21(2)13-9-11-5-7-15(23-19(11)17(13)21)16-8-6-12-10-14-18(20(12)24-16)22(14,3)4/h5-8,13-14,17-18H,9-10H2,1-4H3/t13-,14-,17-,18-/m1/s1. The Morgan fingerprint density at radius 1 is 0.708 bits per heavy atom. The zero-order chi connectivity index (χ0) is 16.4. The molecule has 2 saturated carbocycles. The molecule has 4 aliphatic carbocycles. The van der Waals surface area contributed by atoms with Crippen molar-refractivity contribution in [2.75, 3.05) is 0 Å². The van der Waals surface area contributed by atoms with E-state index < -0.39 is 0 Å². The molecule has 0 saturated heterocycles. The first-order valence-corrected chi connectivity index (χ1v) is 9.39. The van der Waals surface area contributed by atoms with Crippen molar-refractivity contribution < 1.29 is 0 Å². The van der Waals surface area contributed by atoms with E-state index in [1.54, 1.807) is 0 Å². The van der Waals surface area contributed by atoms with Crippen LogP contribution in [0.5, 0.6) is 0 Å². The molecule has 0 aromatic carbocycles. The van der Waals surface area contributed by atoms with E-state index in [9.17, 15) is 0 Å². The van der Waals surface area contributed by atoms with Crippen LogP contribution in [0.2, 0.25) is 0 Å². The van der Waals surface area contributed by atoms with Crippen LogP contribution in [0.3, 0.4) is 0 Å². The summed E-state index contributed by atoms with van der Waals surface area (Å²) in [7, 11) is 0. The van der Waals surface area contributed by atoms with Gasteiger partial charge in [-0.05, 0) is 58.8 Å². The van der Waals surface area contributed by atoms with E-state index in [4.69, 9.17) is 9.97 Å². The minimum atomic E-state index is 0.454. The minimum Gasteiger partial charge on any atom is -0.251 e.